The number of fused-ring (bicyclic) bond motifs is 1. The molecule has 2 aliphatic rings. The molecule has 16 heavy (non-hydrogen) atoms. The number of hydrogen-bond acceptors (Lipinski definition) is 4. The van der Waals surface area contributed by atoms with Gasteiger partial charge in [0.05, 0.1) is 5.25 Å². The number of rotatable bonds is 2. The third-order valence-electron chi connectivity index (χ3n) is 3.46. The lowest BCUT2D eigenvalue weighted by Crippen LogP contribution is -2.22. The van der Waals surface area contributed by atoms with Gasteiger partial charge in [-0.1, -0.05) is 0 Å². The van der Waals surface area contributed by atoms with E-state index in [0.29, 0.717) is 11.2 Å². The summed E-state index contributed by atoms with van der Waals surface area (Å²) in [5.74, 6) is 3.73. The molecule has 3 rings (SSSR count). The predicted octanol–water partition coefficient (Wildman–Crippen LogP) is 1.40. The van der Waals surface area contributed by atoms with Crippen LogP contribution in [-0.4, -0.2) is 32.2 Å². The quantitative estimate of drug-likeness (QED) is 0.847. The van der Waals surface area contributed by atoms with Crippen molar-refractivity contribution in [2.45, 2.75) is 37.5 Å². The topological polar surface area (TPSA) is 50.9 Å². The van der Waals surface area contributed by atoms with Gasteiger partial charge in [-0.15, -0.1) is 0 Å². The zero-order valence-corrected chi connectivity index (χ0v) is 10.1. The van der Waals surface area contributed by atoms with E-state index in [9.17, 15) is 5.11 Å². The van der Waals surface area contributed by atoms with E-state index in [4.69, 9.17) is 0 Å². The Balaban J connectivity index is 1.80. The van der Waals surface area contributed by atoms with Crippen molar-refractivity contribution < 1.29 is 5.11 Å². The molecule has 5 heteroatoms. The highest BCUT2D eigenvalue weighted by molar-refractivity contribution is 7.99. The fourth-order valence-electron chi connectivity index (χ4n) is 2.46. The van der Waals surface area contributed by atoms with Crippen molar-refractivity contribution in [3.63, 3.8) is 0 Å². The van der Waals surface area contributed by atoms with Gasteiger partial charge in [0.1, 0.15) is 5.82 Å². The lowest BCUT2D eigenvalue weighted by Gasteiger charge is -2.19. The van der Waals surface area contributed by atoms with Gasteiger partial charge in [0.25, 0.3) is 0 Å². The van der Waals surface area contributed by atoms with Gasteiger partial charge >= 0.3 is 0 Å². The van der Waals surface area contributed by atoms with E-state index in [2.05, 4.69) is 10.1 Å². The molecule has 0 aromatic carbocycles. The van der Waals surface area contributed by atoms with Crippen LogP contribution in [0.25, 0.3) is 0 Å². The third-order valence-corrected chi connectivity index (χ3v) is 4.83. The third kappa shape index (κ3) is 1.86. The first kappa shape index (κ1) is 10.6. The van der Waals surface area contributed by atoms with Crippen LogP contribution in [0.5, 0.6) is 0 Å². The van der Waals surface area contributed by atoms with Crippen LogP contribution in [0.4, 0.5) is 0 Å². The van der Waals surface area contributed by atoms with Gasteiger partial charge in [-0.25, -0.2) is 9.67 Å². The Morgan fingerprint density at radius 2 is 2.38 bits per heavy atom. The van der Waals surface area contributed by atoms with Crippen LogP contribution in [0.1, 0.15) is 36.2 Å². The predicted molar refractivity (Wildman–Crippen MR) is 63.4 cm³/mol. The van der Waals surface area contributed by atoms with E-state index >= 15 is 0 Å². The molecule has 0 radical (unpaired) electrons. The van der Waals surface area contributed by atoms with Crippen molar-refractivity contribution >= 4 is 11.8 Å². The van der Waals surface area contributed by atoms with Crippen molar-refractivity contribution in [3.05, 3.63) is 11.6 Å². The molecule has 2 aliphatic heterocycles. The highest BCUT2D eigenvalue weighted by Gasteiger charge is 2.26. The van der Waals surface area contributed by atoms with Gasteiger partial charge in [0.2, 0.25) is 0 Å². The number of aryl methyl sites for hydroxylation is 1. The first-order valence-corrected chi connectivity index (χ1v) is 7.08. The fraction of sp³-hybridized carbons (Fsp3) is 0.818. The molecule has 0 spiro atoms. The molecule has 0 bridgehead atoms. The summed E-state index contributed by atoms with van der Waals surface area (Å²) >= 11 is 1.98. The molecular weight excluding hydrogens is 222 g/mol. The average Bonchev–Trinajstić information content (AvgIpc) is 2.96. The van der Waals surface area contributed by atoms with E-state index in [1.807, 2.05) is 16.4 Å². The molecule has 88 valence electrons. The van der Waals surface area contributed by atoms with Gasteiger partial charge in [-0.05, 0) is 30.9 Å². The minimum Gasteiger partial charge on any atom is -0.396 e. The molecule has 1 aromatic heterocycles. The maximum Gasteiger partial charge on any atom is 0.163 e. The normalized spacial score (nSPS) is 29.3. The first-order valence-electron chi connectivity index (χ1n) is 6.03. The van der Waals surface area contributed by atoms with E-state index in [1.54, 1.807) is 0 Å². The number of hydrogen-bond donors (Lipinski definition) is 1. The number of aromatic nitrogens is 3. The first-order chi connectivity index (χ1) is 7.86. The maximum atomic E-state index is 9.17. The molecule has 1 aromatic rings. The summed E-state index contributed by atoms with van der Waals surface area (Å²) in [4.78, 5) is 4.65. The Kier molecular flexibility index (Phi) is 2.90. The summed E-state index contributed by atoms with van der Waals surface area (Å²) < 4.78 is 2.04. The fourth-order valence-corrected chi connectivity index (χ4v) is 3.66. The average molecular weight is 239 g/mol. The number of thioether (sulfide) groups is 1. The molecular formula is C11H17N3OS. The van der Waals surface area contributed by atoms with Crippen LogP contribution >= 0.6 is 11.8 Å². The van der Waals surface area contributed by atoms with Crippen LogP contribution in [0.3, 0.4) is 0 Å². The Morgan fingerprint density at radius 1 is 1.44 bits per heavy atom. The highest BCUT2D eigenvalue weighted by atomic mass is 32.2. The van der Waals surface area contributed by atoms with Gasteiger partial charge in [0.15, 0.2) is 5.82 Å². The van der Waals surface area contributed by atoms with Crippen molar-refractivity contribution in [2.75, 3.05) is 12.4 Å². The lowest BCUT2D eigenvalue weighted by molar-refractivity contribution is 0.196. The van der Waals surface area contributed by atoms with Gasteiger partial charge < -0.3 is 5.11 Å². The molecule has 0 saturated carbocycles. The van der Waals surface area contributed by atoms with E-state index in [1.165, 1.54) is 18.6 Å². The molecule has 1 saturated heterocycles. The smallest absolute Gasteiger partial charge is 0.163 e. The van der Waals surface area contributed by atoms with Crippen molar-refractivity contribution in [1.82, 2.24) is 14.8 Å². The second-order valence-corrected chi connectivity index (χ2v) is 5.96. The van der Waals surface area contributed by atoms with E-state index in [-0.39, 0.29) is 6.61 Å². The largest absolute Gasteiger partial charge is 0.396 e. The van der Waals surface area contributed by atoms with Crippen LogP contribution in [-0.2, 0) is 13.0 Å². The Morgan fingerprint density at radius 3 is 3.12 bits per heavy atom. The van der Waals surface area contributed by atoms with Crippen LogP contribution < -0.4 is 0 Å². The molecule has 0 aliphatic carbocycles. The summed E-state index contributed by atoms with van der Waals surface area (Å²) in [7, 11) is 0. The molecule has 1 N–H and O–H groups in total. The number of aliphatic hydroxyl groups is 1. The van der Waals surface area contributed by atoms with Gasteiger partial charge in [-0.3, -0.25) is 0 Å². The molecule has 0 amide bonds. The standard InChI is InChI=1S/C11H17N3OS/c15-7-8-3-4-14-10(6-8)12-11(13-14)9-2-1-5-16-9/h8-9,15H,1-7H2. The van der Waals surface area contributed by atoms with Crippen molar-refractivity contribution in [2.24, 2.45) is 5.92 Å². The summed E-state index contributed by atoms with van der Waals surface area (Å²) in [5, 5.41) is 14.3. The summed E-state index contributed by atoms with van der Waals surface area (Å²) in [6, 6.07) is 0. The van der Waals surface area contributed by atoms with E-state index in [0.717, 1.165) is 31.0 Å². The zero-order chi connectivity index (χ0) is 11.0. The Hall–Kier alpha value is -0.550. The van der Waals surface area contributed by atoms with Crippen LogP contribution in [0.2, 0.25) is 0 Å². The van der Waals surface area contributed by atoms with Crippen molar-refractivity contribution in [3.8, 4) is 0 Å². The minimum atomic E-state index is 0.278. The van der Waals surface area contributed by atoms with Crippen LogP contribution in [0, 0.1) is 5.92 Å². The summed E-state index contributed by atoms with van der Waals surface area (Å²) in [6.45, 7) is 1.20. The highest BCUT2D eigenvalue weighted by Crippen LogP contribution is 2.38. The number of nitrogens with zero attached hydrogens (tertiary/aromatic N) is 3. The summed E-state index contributed by atoms with van der Waals surface area (Å²) in [5.41, 5.74) is 0. The zero-order valence-electron chi connectivity index (χ0n) is 9.30. The molecule has 4 nitrogen and oxygen atoms in total. The molecule has 2 atom stereocenters. The molecule has 3 heterocycles. The van der Waals surface area contributed by atoms with Crippen molar-refractivity contribution in [1.29, 1.82) is 0 Å². The number of aliphatic hydroxyl groups excluding tert-OH is 1. The Labute approximate surface area is 99.4 Å². The van der Waals surface area contributed by atoms with Gasteiger partial charge in [0, 0.05) is 19.6 Å². The SMILES string of the molecule is OCC1CCn2nc(C3CCCS3)nc2C1. The lowest BCUT2D eigenvalue weighted by atomic mass is 9.99. The maximum absolute atomic E-state index is 9.17. The Bertz CT molecular complexity index is 373. The summed E-state index contributed by atoms with van der Waals surface area (Å²) in [6.07, 6.45) is 4.43. The van der Waals surface area contributed by atoms with Gasteiger partial charge in [-0.2, -0.15) is 16.9 Å². The second kappa shape index (κ2) is 4.37. The van der Waals surface area contributed by atoms with E-state index < -0.39 is 0 Å². The molecule has 2 unspecified atom stereocenters. The van der Waals surface area contributed by atoms with Crippen LogP contribution in [0.15, 0.2) is 0 Å². The minimum absolute atomic E-state index is 0.278. The second-order valence-electron chi connectivity index (χ2n) is 4.65. The molecule has 1 fully saturated rings. The monoisotopic (exact) mass is 239 g/mol.